The van der Waals surface area contributed by atoms with Gasteiger partial charge in [0, 0.05) is 29.0 Å². The first-order valence-corrected chi connectivity index (χ1v) is 8.36. The molecule has 7 heteroatoms. The molecule has 2 aromatic rings. The number of amides is 2. The van der Waals surface area contributed by atoms with Crippen molar-refractivity contribution in [2.45, 2.75) is 25.8 Å². The zero-order valence-corrected chi connectivity index (χ0v) is 14.2. The molecule has 0 bridgehead atoms. The molecule has 1 aliphatic rings. The minimum absolute atomic E-state index is 0.0324. The molecule has 1 unspecified atom stereocenters. The topological polar surface area (TPSA) is 70.2 Å². The largest absolute Gasteiger partial charge is 0.374 e. The third kappa shape index (κ3) is 4.56. The first-order chi connectivity index (χ1) is 12.4. The Balaban J connectivity index is 1.54. The molecule has 3 rings (SSSR count). The van der Waals surface area contributed by atoms with Crippen LogP contribution in [-0.2, 0) is 9.59 Å². The molecule has 0 radical (unpaired) electrons. The molecule has 1 atom stereocenters. The molecule has 1 aliphatic carbocycles. The lowest BCUT2D eigenvalue weighted by Gasteiger charge is -2.16. The Labute approximate surface area is 149 Å². The number of anilines is 3. The second-order valence-corrected chi connectivity index (χ2v) is 6.33. The highest BCUT2D eigenvalue weighted by atomic mass is 19.2. The first kappa shape index (κ1) is 17.8. The van der Waals surface area contributed by atoms with Crippen molar-refractivity contribution >= 4 is 28.9 Å². The van der Waals surface area contributed by atoms with Gasteiger partial charge in [-0.3, -0.25) is 9.59 Å². The molecule has 0 saturated heterocycles. The Bertz CT molecular complexity index is 820. The maximum atomic E-state index is 13.2. The van der Waals surface area contributed by atoms with Crippen LogP contribution in [0.5, 0.6) is 0 Å². The van der Waals surface area contributed by atoms with Gasteiger partial charge in [0.15, 0.2) is 11.6 Å². The number of hydrogen-bond donors (Lipinski definition) is 3. The smallest absolute Gasteiger partial charge is 0.246 e. The van der Waals surface area contributed by atoms with Crippen molar-refractivity contribution in [3.8, 4) is 0 Å². The van der Waals surface area contributed by atoms with Crippen LogP contribution < -0.4 is 16.0 Å². The molecule has 2 amide bonds. The van der Waals surface area contributed by atoms with Gasteiger partial charge in [-0.25, -0.2) is 8.78 Å². The van der Waals surface area contributed by atoms with Crippen LogP contribution in [-0.4, -0.2) is 17.9 Å². The molecular weight excluding hydrogens is 340 g/mol. The predicted octanol–water partition coefficient (Wildman–Crippen LogP) is 3.75. The van der Waals surface area contributed by atoms with E-state index < -0.39 is 17.7 Å². The highest BCUT2D eigenvalue weighted by Crippen LogP contribution is 2.30. The number of rotatable bonds is 6. The van der Waals surface area contributed by atoms with Gasteiger partial charge < -0.3 is 16.0 Å². The fraction of sp³-hybridized carbons (Fsp3) is 0.263. The maximum Gasteiger partial charge on any atom is 0.246 e. The normalized spacial score (nSPS) is 14.4. The molecule has 5 nitrogen and oxygen atoms in total. The van der Waals surface area contributed by atoms with E-state index in [1.165, 1.54) is 6.07 Å². The maximum absolute atomic E-state index is 13.2. The van der Waals surface area contributed by atoms with E-state index in [0.29, 0.717) is 11.4 Å². The van der Waals surface area contributed by atoms with E-state index in [-0.39, 0.29) is 23.4 Å². The fourth-order valence-corrected chi connectivity index (χ4v) is 2.38. The Kier molecular flexibility index (Phi) is 5.16. The lowest BCUT2D eigenvalue weighted by molar-refractivity contribution is -0.117. The van der Waals surface area contributed by atoms with Crippen LogP contribution in [0.4, 0.5) is 25.8 Å². The Morgan fingerprint density at radius 2 is 1.54 bits per heavy atom. The van der Waals surface area contributed by atoms with Crippen LogP contribution >= 0.6 is 0 Å². The molecule has 0 aromatic heterocycles. The zero-order valence-electron chi connectivity index (χ0n) is 14.2. The van der Waals surface area contributed by atoms with Crippen LogP contribution in [0.3, 0.4) is 0 Å². The van der Waals surface area contributed by atoms with E-state index in [0.717, 1.165) is 25.0 Å². The number of benzene rings is 2. The molecule has 0 aliphatic heterocycles. The summed E-state index contributed by atoms with van der Waals surface area (Å²) in [5.74, 6) is -2.21. The van der Waals surface area contributed by atoms with Gasteiger partial charge in [0.05, 0.1) is 0 Å². The second kappa shape index (κ2) is 7.51. The molecular formula is C19H19F2N3O2. The van der Waals surface area contributed by atoms with Gasteiger partial charge in [0.1, 0.15) is 6.04 Å². The van der Waals surface area contributed by atoms with Crippen LogP contribution in [0.2, 0.25) is 0 Å². The average molecular weight is 359 g/mol. The quantitative estimate of drug-likeness (QED) is 0.736. The van der Waals surface area contributed by atoms with Crippen molar-refractivity contribution in [2.75, 3.05) is 16.0 Å². The monoisotopic (exact) mass is 359 g/mol. The Morgan fingerprint density at radius 1 is 0.923 bits per heavy atom. The minimum Gasteiger partial charge on any atom is -0.374 e. The summed E-state index contributed by atoms with van der Waals surface area (Å²) in [5, 5.41) is 8.37. The van der Waals surface area contributed by atoms with Crippen molar-refractivity contribution in [3.63, 3.8) is 0 Å². The van der Waals surface area contributed by atoms with Gasteiger partial charge in [0.25, 0.3) is 0 Å². The van der Waals surface area contributed by atoms with Crippen LogP contribution in [0.25, 0.3) is 0 Å². The third-order valence-corrected chi connectivity index (χ3v) is 4.06. The number of carbonyl (C=O) groups is 2. The van der Waals surface area contributed by atoms with E-state index in [1.54, 1.807) is 31.2 Å². The summed E-state index contributed by atoms with van der Waals surface area (Å²) in [7, 11) is 0. The summed E-state index contributed by atoms with van der Waals surface area (Å²) < 4.78 is 26.1. The summed E-state index contributed by atoms with van der Waals surface area (Å²) in [6, 6.07) is 9.59. The van der Waals surface area contributed by atoms with Crippen LogP contribution in [0.1, 0.15) is 19.8 Å². The number of nitrogens with one attached hydrogen (secondary N) is 3. The van der Waals surface area contributed by atoms with Gasteiger partial charge >= 0.3 is 0 Å². The van der Waals surface area contributed by atoms with Gasteiger partial charge in [-0.05, 0) is 56.2 Å². The number of carbonyl (C=O) groups excluding carboxylic acids is 2. The Hall–Kier alpha value is -2.96. The molecule has 2 aromatic carbocycles. The van der Waals surface area contributed by atoms with Crippen molar-refractivity contribution in [3.05, 3.63) is 54.1 Å². The summed E-state index contributed by atoms with van der Waals surface area (Å²) in [4.78, 5) is 23.9. The molecule has 26 heavy (non-hydrogen) atoms. The van der Waals surface area contributed by atoms with Gasteiger partial charge in [-0.15, -0.1) is 0 Å². The van der Waals surface area contributed by atoms with Crippen molar-refractivity contribution in [1.29, 1.82) is 0 Å². The van der Waals surface area contributed by atoms with Gasteiger partial charge in [0.2, 0.25) is 11.8 Å². The molecule has 136 valence electrons. The molecule has 3 N–H and O–H groups in total. The summed E-state index contributed by atoms with van der Waals surface area (Å²) in [6.07, 6.45) is 1.88. The molecule has 1 fully saturated rings. The summed E-state index contributed by atoms with van der Waals surface area (Å²) in [5.41, 5.74) is 1.58. The lowest BCUT2D eigenvalue weighted by Crippen LogP contribution is -2.31. The standard InChI is InChI=1S/C19H19F2N3O2/c1-11(18(25)24-15-8-9-16(20)17(21)10-15)22-13-4-6-14(7-5-13)23-19(26)12-2-3-12/h4-12,22H,2-3H2,1H3,(H,23,26)(H,24,25). The molecule has 1 saturated carbocycles. The molecule has 0 spiro atoms. The highest BCUT2D eigenvalue weighted by Gasteiger charge is 2.29. The van der Waals surface area contributed by atoms with E-state index >= 15 is 0 Å². The third-order valence-electron chi connectivity index (χ3n) is 4.06. The van der Waals surface area contributed by atoms with Gasteiger partial charge in [-0.2, -0.15) is 0 Å². The van der Waals surface area contributed by atoms with E-state index in [4.69, 9.17) is 0 Å². The first-order valence-electron chi connectivity index (χ1n) is 8.36. The lowest BCUT2D eigenvalue weighted by atomic mass is 10.2. The second-order valence-electron chi connectivity index (χ2n) is 6.33. The van der Waals surface area contributed by atoms with E-state index in [1.807, 2.05) is 0 Å². The van der Waals surface area contributed by atoms with Crippen LogP contribution in [0, 0.1) is 17.6 Å². The molecule has 0 heterocycles. The number of hydrogen-bond acceptors (Lipinski definition) is 3. The van der Waals surface area contributed by atoms with Crippen molar-refractivity contribution in [2.24, 2.45) is 5.92 Å². The zero-order chi connectivity index (χ0) is 18.7. The fourth-order valence-electron chi connectivity index (χ4n) is 2.38. The minimum atomic E-state index is -1.02. The van der Waals surface area contributed by atoms with Crippen molar-refractivity contribution in [1.82, 2.24) is 0 Å². The summed E-state index contributed by atoms with van der Waals surface area (Å²) in [6.45, 7) is 1.65. The summed E-state index contributed by atoms with van der Waals surface area (Å²) >= 11 is 0. The Morgan fingerprint density at radius 3 is 2.15 bits per heavy atom. The highest BCUT2D eigenvalue weighted by molar-refractivity contribution is 5.96. The van der Waals surface area contributed by atoms with Gasteiger partial charge in [-0.1, -0.05) is 0 Å². The predicted molar refractivity (Wildman–Crippen MR) is 95.9 cm³/mol. The SMILES string of the molecule is CC(Nc1ccc(NC(=O)C2CC2)cc1)C(=O)Nc1ccc(F)c(F)c1. The van der Waals surface area contributed by atoms with E-state index in [9.17, 15) is 18.4 Å². The van der Waals surface area contributed by atoms with E-state index in [2.05, 4.69) is 16.0 Å². The average Bonchev–Trinajstić information content (AvgIpc) is 3.45. The van der Waals surface area contributed by atoms with Crippen LogP contribution in [0.15, 0.2) is 42.5 Å². The van der Waals surface area contributed by atoms with Crippen molar-refractivity contribution < 1.29 is 18.4 Å². The number of halogens is 2.